The highest BCUT2D eigenvalue weighted by Gasteiger charge is 2.42. The molecular formula is C22H24N4S. The number of aromatic nitrogens is 2. The molecule has 4 nitrogen and oxygen atoms in total. The molecule has 27 heavy (non-hydrogen) atoms. The lowest BCUT2D eigenvalue weighted by atomic mass is 9.69. The van der Waals surface area contributed by atoms with Gasteiger partial charge in [-0.3, -0.25) is 9.88 Å². The van der Waals surface area contributed by atoms with Crippen molar-refractivity contribution >= 4 is 17.2 Å². The molecule has 0 N–H and O–H groups in total. The second-order valence-corrected chi connectivity index (χ2v) is 8.74. The van der Waals surface area contributed by atoms with Gasteiger partial charge in [0.25, 0.3) is 0 Å². The predicted octanol–water partition coefficient (Wildman–Crippen LogP) is 4.09. The molecule has 1 aromatic carbocycles. The number of rotatable bonds is 3. The Hall–Kier alpha value is -2.24. The first-order chi connectivity index (χ1) is 13.3. The van der Waals surface area contributed by atoms with Crippen molar-refractivity contribution in [3.63, 3.8) is 0 Å². The van der Waals surface area contributed by atoms with Gasteiger partial charge in [-0.25, -0.2) is 4.98 Å². The van der Waals surface area contributed by atoms with E-state index in [-0.39, 0.29) is 5.41 Å². The van der Waals surface area contributed by atoms with Crippen LogP contribution >= 0.6 is 11.3 Å². The molecule has 0 amide bonds. The topological polar surface area (TPSA) is 32.3 Å². The minimum atomic E-state index is 0.255. The molecule has 2 aliphatic rings. The number of anilines is 1. The number of hydrogen-bond donors (Lipinski definition) is 0. The summed E-state index contributed by atoms with van der Waals surface area (Å²) in [5, 5.41) is 2.18. The summed E-state index contributed by atoms with van der Waals surface area (Å²) >= 11 is 1.87. The highest BCUT2D eigenvalue weighted by atomic mass is 32.1. The van der Waals surface area contributed by atoms with Crippen LogP contribution in [0.2, 0.25) is 0 Å². The maximum Gasteiger partial charge on any atom is 0.147 e. The molecule has 5 heteroatoms. The second-order valence-electron chi connectivity index (χ2n) is 7.71. The molecule has 0 unspecified atom stereocenters. The van der Waals surface area contributed by atoms with Gasteiger partial charge in [-0.1, -0.05) is 30.3 Å². The van der Waals surface area contributed by atoms with E-state index in [9.17, 15) is 0 Å². The van der Waals surface area contributed by atoms with E-state index in [1.165, 1.54) is 23.3 Å². The van der Waals surface area contributed by atoms with Crippen molar-refractivity contribution in [2.45, 2.75) is 31.3 Å². The number of nitrogens with zero attached hydrogens (tertiary/aromatic N) is 4. The molecule has 0 aliphatic carbocycles. The predicted molar refractivity (Wildman–Crippen MR) is 110 cm³/mol. The Morgan fingerprint density at radius 1 is 1.04 bits per heavy atom. The SMILES string of the molecule is c1csc(CN2Cc3ccccc3C3(CCN(c4cnccn4)CC3)C2)c1. The van der Waals surface area contributed by atoms with Crippen molar-refractivity contribution in [2.24, 2.45) is 0 Å². The zero-order chi connectivity index (χ0) is 18.1. The van der Waals surface area contributed by atoms with Gasteiger partial charge < -0.3 is 4.90 Å². The maximum absolute atomic E-state index is 4.50. The van der Waals surface area contributed by atoms with Crippen LogP contribution in [0.15, 0.2) is 60.4 Å². The number of benzene rings is 1. The normalized spacial score (nSPS) is 19.2. The molecule has 0 bridgehead atoms. The van der Waals surface area contributed by atoms with Crippen LogP contribution in [0.1, 0.15) is 28.8 Å². The van der Waals surface area contributed by atoms with Gasteiger partial charge in [0.15, 0.2) is 0 Å². The van der Waals surface area contributed by atoms with E-state index in [2.05, 4.69) is 61.5 Å². The Morgan fingerprint density at radius 3 is 2.70 bits per heavy atom. The third-order valence-corrected chi connectivity index (χ3v) is 6.92. The lowest BCUT2D eigenvalue weighted by molar-refractivity contribution is 0.147. The monoisotopic (exact) mass is 376 g/mol. The van der Waals surface area contributed by atoms with Crippen LogP contribution in [-0.4, -0.2) is 34.5 Å². The molecular weight excluding hydrogens is 352 g/mol. The van der Waals surface area contributed by atoms with E-state index in [0.717, 1.165) is 38.5 Å². The lowest BCUT2D eigenvalue weighted by Crippen LogP contribution is -2.52. The molecule has 0 atom stereocenters. The molecule has 2 aliphatic heterocycles. The molecule has 1 fully saturated rings. The smallest absolute Gasteiger partial charge is 0.147 e. The lowest BCUT2D eigenvalue weighted by Gasteiger charge is -2.49. The van der Waals surface area contributed by atoms with Gasteiger partial charge in [-0.15, -0.1) is 11.3 Å². The fraction of sp³-hybridized carbons (Fsp3) is 0.364. The van der Waals surface area contributed by atoms with Crippen LogP contribution in [0.4, 0.5) is 5.82 Å². The quantitative estimate of drug-likeness (QED) is 0.689. The van der Waals surface area contributed by atoms with E-state index < -0.39 is 0 Å². The molecule has 4 heterocycles. The molecule has 2 aromatic heterocycles. The van der Waals surface area contributed by atoms with E-state index in [0.29, 0.717) is 0 Å². The van der Waals surface area contributed by atoms with E-state index in [4.69, 9.17) is 0 Å². The van der Waals surface area contributed by atoms with Crippen molar-refractivity contribution in [1.29, 1.82) is 0 Å². The molecule has 1 spiro atoms. The van der Waals surface area contributed by atoms with Crippen molar-refractivity contribution in [3.8, 4) is 0 Å². The van der Waals surface area contributed by atoms with Gasteiger partial charge in [0, 0.05) is 55.4 Å². The summed E-state index contributed by atoms with van der Waals surface area (Å²) in [6.07, 6.45) is 7.76. The highest BCUT2D eigenvalue weighted by molar-refractivity contribution is 7.09. The zero-order valence-corrected chi connectivity index (χ0v) is 16.2. The summed E-state index contributed by atoms with van der Waals surface area (Å²) in [5.74, 6) is 1.01. The number of fused-ring (bicyclic) bond motifs is 2. The van der Waals surface area contributed by atoms with Crippen LogP contribution in [0.25, 0.3) is 0 Å². The average molecular weight is 377 g/mol. The first kappa shape index (κ1) is 16.9. The molecule has 3 aromatic rings. The number of piperidine rings is 1. The van der Waals surface area contributed by atoms with Crippen LogP contribution in [0.5, 0.6) is 0 Å². The Morgan fingerprint density at radius 2 is 1.93 bits per heavy atom. The first-order valence-corrected chi connectivity index (χ1v) is 10.5. The fourth-order valence-corrected chi connectivity index (χ4v) is 5.51. The molecule has 5 rings (SSSR count). The average Bonchev–Trinajstić information content (AvgIpc) is 3.22. The standard InChI is InChI=1S/C22H24N4S/c1-2-6-20-18(4-1)15-25(16-19-5-3-13-27-19)17-22(20)7-11-26(12-8-22)21-14-23-9-10-24-21/h1-6,9-10,13-14H,7-8,11-12,15-17H2. The van der Waals surface area contributed by atoms with Gasteiger partial charge in [-0.2, -0.15) is 0 Å². The molecule has 138 valence electrons. The summed E-state index contributed by atoms with van der Waals surface area (Å²) in [6.45, 7) is 5.35. The number of hydrogen-bond acceptors (Lipinski definition) is 5. The summed E-state index contributed by atoms with van der Waals surface area (Å²) in [7, 11) is 0. The zero-order valence-electron chi connectivity index (χ0n) is 15.4. The fourth-order valence-electron chi connectivity index (χ4n) is 4.77. The van der Waals surface area contributed by atoms with E-state index in [1.807, 2.05) is 17.5 Å². The Bertz CT molecular complexity index is 886. The third kappa shape index (κ3) is 3.26. The van der Waals surface area contributed by atoms with Crippen LogP contribution in [0, 0.1) is 0 Å². The Kier molecular flexibility index (Phi) is 4.42. The van der Waals surface area contributed by atoms with Crippen LogP contribution in [0.3, 0.4) is 0 Å². The maximum atomic E-state index is 4.50. The summed E-state index contributed by atoms with van der Waals surface area (Å²) in [4.78, 5) is 15.2. The van der Waals surface area contributed by atoms with Crippen molar-refractivity contribution < 1.29 is 0 Å². The summed E-state index contributed by atoms with van der Waals surface area (Å²) in [5.41, 5.74) is 3.34. The van der Waals surface area contributed by atoms with Gasteiger partial charge >= 0.3 is 0 Å². The Labute approximate surface area is 164 Å². The minimum absolute atomic E-state index is 0.255. The third-order valence-electron chi connectivity index (χ3n) is 6.06. The van der Waals surface area contributed by atoms with E-state index >= 15 is 0 Å². The van der Waals surface area contributed by atoms with Crippen LogP contribution < -0.4 is 4.90 Å². The molecule has 1 saturated heterocycles. The Balaban J connectivity index is 1.40. The van der Waals surface area contributed by atoms with Crippen LogP contribution in [-0.2, 0) is 18.5 Å². The first-order valence-electron chi connectivity index (χ1n) is 9.67. The highest BCUT2D eigenvalue weighted by Crippen LogP contribution is 2.42. The summed E-state index contributed by atoms with van der Waals surface area (Å²) < 4.78 is 0. The van der Waals surface area contributed by atoms with Gasteiger partial charge in [0.05, 0.1) is 6.20 Å². The molecule has 0 radical (unpaired) electrons. The summed E-state index contributed by atoms with van der Waals surface area (Å²) in [6, 6.07) is 13.5. The van der Waals surface area contributed by atoms with Crippen molar-refractivity contribution in [2.75, 3.05) is 24.5 Å². The number of thiophene rings is 1. The minimum Gasteiger partial charge on any atom is -0.355 e. The van der Waals surface area contributed by atoms with Crippen molar-refractivity contribution in [1.82, 2.24) is 14.9 Å². The molecule has 0 saturated carbocycles. The second kappa shape index (κ2) is 7.06. The van der Waals surface area contributed by atoms with E-state index in [1.54, 1.807) is 18.0 Å². The largest absolute Gasteiger partial charge is 0.355 e. The van der Waals surface area contributed by atoms with Gasteiger partial charge in [0.2, 0.25) is 0 Å². The van der Waals surface area contributed by atoms with Gasteiger partial charge in [0.1, 0.15) is 5.82 Å². The van der Waals surface area contributed by atoms with Gasteiger partial charge in [-0.05, 0) is 35.4 Å². The van der Waals surface area contributed by atoms with Crippen molar-refractivity contribution in [3.05, 3.63) is 76.4 Å².